The van der Waals surface area contributed by atoms with E-state index in [0.29, 0.717) is 13.3 Å². The Bertz CT molecular complexity index is 633. The highest BCUT2D eigenvalue weighted by Crippen LogP contribution is 2.26. The number of rotatable bonds is 7. The summed E-state index contributed by atoms with van der Waals surface area (Å²) in [5, 5.41) is 6.47. The summed E-state index contributed by atoms with van der Waals surface area (Å²) in [4.78, 5) is 23.7. The fraction of sp³-hybridized carbons (Fsp3) is 0.706. The molecule has 1 N–H and O–H groups in total. The van der Waals surface area contributed by atoms with E-state index in [1.165, 1.54) is 4.68 Å². The molecule has 0 fully saturated rings. The molecule has 1 aromatic heterocycles. The minimum atomic E-state index is -3.17. The molecule has 0 aliphatic carbocycles. The lowest BCUT2D eigenvalue weighted by molar-refractivity contribution is 0.0120. The molecule has 0 aliphatic heterocycles. The van der Waals surface area contributed by atoms with Gasteiger partial charge in [-0.1, -0.05) is 0 Å². The first kappa shape index (κ1) is 21.9. The van der Waals surface area contributed by atoms with Crippen LogP contribution < -0.4 is 5.32 Å². The molecular weight excluding hydrogens is 348 g/mol. The van der Waals surface area contributed by atoms with Gasteiger partial charge in [0, 0.05) is 25.6 Å². The lowest BCUT2D eigenvalue weighted by atomic mass is 10.2. The first-order valence-corrected chi connectivity index (χ1v) is 8.46. The van der Waals surface area contributed by atoms with Crippen molar-refractivity contribution in [2.75, 3.05) is 6.61 Å². The maximum atomic E-state index is 13.5. The molecular formula is C17H27F2N3O4. The number of ether oxygens (including phenoxy) is 2. The number of aryl methyl sites for hydroxylation is 1. The summed E-state index contributed by atoms with van der Waals surface area (Å²) in [6.07, 6.45) is -0.209. The van der Waals surface area contributed by atoms with Crippen LogP contribution in [0.15, 0.2) is 6.07 Å². The number of alkyl halides is 2. The molecule has 0 saturated heterocycles. The molecule has 26 heavy (non-hydrogen) atoms. The predicted molar refractivity (Wildman–Crippen MR) is 91.2 cm³/mol. The van der Waals surface area contributed by atoms with Gasteiger partial charge in [0.05, 0.1) is 6.61 Å². The number of nitrogens with one attached hydrogen (secondary N) is 1. The second-order valence-electron chi connectivity index (χ2n) is 7.08. The molecule has 1 unspecified atom stereocenters. The van der Waals surface area contributed by atoms with Gasteiger partial charge in [0.2, 0.25) is 0 Å². The van der Waals surface area contributed by atoms with Crippen LogP contribution in [-0.4, -0.2) is 40.1 Å². The van der Waals surface area contributed by atoms with Gasteiger partial charge in [-0.05, 0) is 41.0 Å². The molecule has 0 bridgehead atoms. The van der Waals surface area contributed by atoms with E-state index < -0.39 is 29.3 Å². The van der Waals surface area contributed by atoms with E-state index >= 15 is 0 Å². The maximum Gasteiger partial charge on any atom is 0.407 e. The number of esters is 1. The largest absolute Gasteiger partial charge is 0.461 e. The van der Waals surface area contributed by atoms with Crippen molar-refractivity contribution >= 4 is 12.1 Å². The third kappa shape index (κ3) is 6.97. The van der Waals surface area contributed by atoms with Gasteiger partial charge < -0.3 is 14.8 Å². The minimum absolute atomic E-state index is 0.0483. The van der Waals surface area contributed by atoms with Crippen LogP contribution >= 0.6 is 0 Å². The highest BCUT2D eigenvalue weighted by atomic mass is 19.3. The van der Waals surface area contributed by atoms with Crippen molar-refractivity contribution in [1.82, 2.24) is 15.1 Å². The maximum absolute atomic E-state index is 13.5. The minimum Gasteiger partial charge on any atom is -0.461 e. The molecule has 0 aliphatic rings. The SMILES string of the molecule is CCOC(=O)c1cc(C(C)(F)F)nn1CCC(C)NC(=O)OC(C)(C)C. The van der Waals surface area contributed by atoms with Gasteiger partial charge in [-0.2, -0.15) is 13.9 Å². The molecule has 0 spiro atoms. The van der Waals surface area contributed by atoms with Crippen LogP contribution in [0.5, 0.6) is 0 Å². The number of hydrogen-bond acceptors (Lipinski definition) is 5. The summed E-state index contributed by atoms with van der Waals surface area (Å²) in [6.45, 7) is 9.60. The zero-order valence-corrected chi connectivity index (χ0v) is 16.1. The first-order valence-electron chi connectivity index (χ1n) is 8.46. The van der Waals surface area contributed by atoms with E-state index in [1.54, 1.807) is 34.6 Å². The second kappa shape index (κ2) is 8.46. The Labute approximate surface area is 152 Å². The Kier molecular flexibility index (Phi) is 7.11. The van der Waals surface area contributed by atoms with Crippen molar-refractivity contribution in [2.24, 2.45) is 0 Å². The third-order valence-corrected chi connectivity index (χ3v) is 3.25. The molecule has 1 amide bonds. The number of halogens is 2. The van der Waals surface area contributed by atoms with E-state index in [-0.39, 0.29) is 24.9 Å². The smallest absolute Gasteiger partial charge is 0.407 e. The number of aromatic nitrogens is 2. The van der Waals surface area contributed by atoms with Gasteiger partial charge in [-0.25, -0.2) is 9.59 Å². The van der Waals surface area contributed by atoms with Crippen molar-refractivity contribution in [3.05, 3.63) is 17.5 Å². The van der Waals surface area contributed by atoms with Crippen molar-refractivity contribution in [1.29, 1.82) is 0 Å². The Morgan fingerprint density at radius 3 is 2.42 bits per heavy atom. The number of nitrogens with zero attached hydrogens (tertiary/aromatic N) is 2. The average Bonchev–Trinajstić information content (AvgIpc) is 2.87. The van der Waals surface area contributed by atoms with Gasteiger partial charge in [-0.15, -0.1) is 0 Å². The first-order chi connectivity index (χ1) is 11.8. The van der Waals surface area contributed by atoms with Crippen molar-refractivity contribution in [3.63, 3.8) is 0 Å². The molecule has 7 nitrogen and oxygen atoms in total. The van der Waals surface area contributed by atoms with E-state index in [2.05, 4.69) is 10.4 Å². The molecule has 148 valence electrons. The number of hydrogen-bond donors (Lipinski definition) is 1. The van der Waals surface area contributed by atoms with Crippen LogP contribution in [0.2, 0.25) is 0 Å². The lowest BCUT2D eigenvalue weighted by Gasteiger charge is -2.22. The zero-order valence-electron chi connectivity index (χ0n) is 16.1. The fourth-order valence-corrected chi connectivity index (χ4v) is 2.07. The van der Waals surface area contributed by atoms with Crippen LogP contribution in [0.4, 0.5) is 13.6 Å². The van der Waals surface area contributed by atoms with E-state index in [9.17, 15) is 18.4 Å². The van der Waals surface area contributed by atoms with E-state index in [4.69, 9.17) is 9.47 Å². The molecule has 0 aromatic carbocycles. The Morgan fingerprint density at radius 1 is 1.31 bits per heavy atom. The summed E-state index contributed by atoms with van der Waals surface area (Å²) in [5.41, 5.74) is -1.18. The number of carbonyl (C=O) groups is 2. The Hall–Kier alpha value is -2.19. The van der Waals surface area contributed by atoms with Gasteiger partial charge in [0.15, 0.2) is 0 Å². The monoisotopic (exact) mass is 375 g/mol. The predicted octanol–water partition coefficient (Wildman–Crippen LogP) is 3.47. The molecule has 1 heterocycles. The number of amides is 1. The summed E-state index contributed by atoms with van der Waals surface area (Å²) in [5.74, 6) is -3.89. The van der Waals surface area contributed by atoms with E-state index in [0.717, 1.165) is 6.07 Å². The van der Waals surface area contributed by atoms with Crippen LogP contribution in [-0.2, 0) is 21.9 Å². The summed E-state index contributed by atoms with van der Waals surface area (Å²) in [6, 6.07) is 0.721. The standard InChI is InChI=1S/C17H27F2N3O4/c1-7-25-14(23)12-10-13(17(6,18)19)21-22(12)9-8-11(2)20-15(24)26-16(3,4)5/h10-11H,7-9H2,1-6H3,(H,20,24). The fourth-order valence-electron chi connectivity index (χ4n) is 2.07. The highest BCUT2D eigenvalue weighted by Gasteiger charge is 2.31. The van der Waals surface area contributed by atoms with Gasteiger partial charge in [0.1, 0.15) is 17.0 Å². The quantitative estimate of drug-likeness (QED) is 0.738. The Morgan fingerprint density at radius 2 is 1.92 bits per heavy atom. The Balaban J connectivity index is 2.80. The summed E-state index contributed by atoms with van der Waals surface area (Å²) < 4.78 is 38.3. The van der Waals surface area contributed by atoms with Crippen LogP contribution in [0, 0.1) is 0 Å². The summed E-state index contributed by atoms with van der Waals surface area (Å²) in [7, 11) is 0. The molecule has 9 heteroatoms. The van der Waals surface area contributed by atoms with Crippen molar-refractivity contribution in [3.8, 4) is 0 Å². The number of alkyl carbamates (subject to hydrolysis) is 1. The topological polar surface area (TPSA) is 82.5 Å². The number of carbonyl (C=O) groups excluding carboxylic acids is 2. The lowest BCUT2D eigenvalue weighted by Crippen LogP contribution is -2.38. The molecule has 1 atom stereocenters. The van der Waals surface area contributed by atoms with Gasteiger partial charge >= 0.3 is 12.1 Å². The molecule has 0 radical (unpaired) electrons. The van der Waals surface area contributed by atoms with E-state index in [1.807, 2.05) is 0 Å². The van der Waals surface area contributed by atoms with Gasteiger partial charge in [-0.3, -0.25) is 4.68 Å². The molecule has 0 saturated carbocycles. The van der Waals surface area contributed by atoms with Gasteiger partial charge in [0.25, 0.3) is 5.92 Å². The van der Waals surface area contributed by atoms with Crippen molar-refractivity contribution in [2.45, 2.75) is 72.1 Å². The zero-order chi connectivity index (χ0) is 20.1. The summed E-state index contributed by atoms with van der Waals surface area (Å²) >= 11 is 0. The average molecular weight is 375 g/mol. The highest BCUT2D eigenvalue weighted by molar-refractivity contribution is 5.87. The van der Waals surface area contributed by atoms with Crippen LogP contribution in [0.3, 0.4) is 0 Å². The molecule has 1 rings (SSSR count). The van der Waals surface area contributed by atoms with Crippen LogP contribution in [0.1, 0.15) is 64.1 Å². The van der Waals surface area contributed by atoms with Crippen LogP contribution in [0.25, 0.3) is 0 Å². The normalized spacial score (nSPS) is 13.2. The van der Waals surface area contributed by atoms with Crippen molar-refractivity contribution < 1.29 is 27.8 Å². The third-order valence-electron chi connectivity index (χ3n) is 3.25. The second-order valence-corrected chi connectivity index (χ2v) is 7.08. The molecule has 1 aromatic rings.